The molecule has 0 aliphatic heterocycles. The van der Waals surface area contributed by atoms with E-state index in [-0.39, 0.29) is 61.4 Å². The van der Waals surface area contributed by atoms with Gasteiger partial charge in [-0.3, -0.25) is 0 Å². The molecule has 0 spiro atoms. The minimum absolute atomic E-state index is 0.0365. The molecule has 0 N–H and O–H groups in total. The Morgan fingerprint density at radius 1 is 0.333 bits per heavy atom. The first-order valence-electron chi connectivity index (χ1n) is 27.2. The molecule has 12 rings (SSSR count). The molecule has 0 unspecified atom stereocenters. The first-order chi connectivity index (χ1) is 36.7. The maximum atomic E-state index is 10.4. The summed E-state index contributed by atoms with van der Waals surface area (Å²) < 4.78 is 128. The van der Waals surface area contributed by atoms with Crippen molar-refractivity contribution in [3.63, 3.8) is 0 Å². The van der Waals surface area contributed by atoms with Crippen molar-refractivity contribution in [1.82, 2.24) is 9.13 Å². The van der Waals surface area contributed by atoms with Crippen LogP contribution in [0.4, 0.5) is 0 Å². The van der Waals surface area contributed by atoms with Crippen molar-refractivity contribution in [1.29, 1.82) is 0 Å². The smallest absolute Gasteiger partial charge is 0.180 e. The van der Waals surface area contributed by atoms with Gasteiger partial charge < -0.3 is 9.13 Å². The van der Waals surface area contributed by atoms with Gasteiger partial charge in [-0.25, -0.2) is 0 Å². The molecule has 10 aromatic carbocycles. The normalized spacial score (nSPS) is 14.7. The van der Waals surface area contributed by atoms with E-state index in [0.717, 1.165) is 37.8 Å². The number of nitrogens with zero attached hydrogens (tertiary/aromatic N) is 2. The summed E-state index contributed by atoms with van der Waals surface area (Å²) in [6, 6.07) is 49.3. The minimum atomic E-state index is -3.84. The molecule has 63 heavy (non-hydrogen) atoms. The van der Waals surface area contributed by atoms with Crippen LogP contribution in [0.5, 0.6) is 0 Å². The maximum absolute atomic E-state index is 10.4. The number of hydrogen-bond acceptors (Lipinski definition) is 0. The predicted octanol–water partition coefficient (Wildman–Crippen LogP) is 12.6. The molecule has 2 aromatic heterocycles. The van der Waals surface area contributed by atoms with Gasteiger partial charge in [0, 0.05) is 32.9 Å². The summed E-state index contributed by atoms with van der Waals surface area (Å²) in [7, 11) is -3.84. The zero-order valence-electron chi connectivity index (χ0n) is 46.6. The molecule has 0 amide bonds. The van der Waals surface area contributed by atoms with Crippen molar-refractivity contribution in [3.8, 4) is 33.6 Å². The highest BCUT2D eigenvalue weighted by Crippen LogP contribution is 2.38. The van der Waals surface area contributed by atoms with Crippen LogP contribution in [0, 0.1) is 0 Å². The monoisotopic (exact) mass is 831 g/mol. The quantitative estimate of drug-likeness (QED) is 0.107. The van der Waals surface area contributed by atoms with Crippen LogP contribution < -0.4 is 20.7 Å². The summed E-state index contributed by atoms with van der Waals surface area (Å²) in [6.07, 6.45) is 0. The number of aromatic nitrogens is 2. The first kappa shape index (κ1) is 25.7. The molecule has 0 radical (unpaired) electrons. The molecule has 296 valence electrons. The lowest BCUT2D eigenvalue weighted by Crippen LogP contribution is -2.74. The van der Waals surface area contributed by atoms with Crippen LogP contribution >= 0.6 is 0 Å². The van der Waals surface area contributed by atoms with E-state index in [0.29, 0.717) is 10.9 Å². The summed E-state index contributed by atoms with van der Waals surface area (Å²) in [4.78, 5) is 0. The van der Waals surface area contributed by atoms with Crippen molar-refractivity contribution < 1.29 is 17.8 Å². The van der Waals surface area contributed by atoms with Crippen molar-refractivity contribution in [3.05, 3.63) is 254 Å². The van der Waals surface area contributed by atoms with E-state index >= 15 is 0 Å². The van der Waals surface area contributed by atoms with Gasteiger partial charge in [0.25, 0.3) is 0 Å². The zero-order valence-corrected chi connectivity index (χ0v) is 34.6. The number of fused-ring (bicyclic) bond motifs is 6. The second-order valence-corrected chi connectivity index (χ2v) is 19.2. The molecule has 2 heterocycles. The molecule has 2 nitrogen and oxygen atoms in total. The lowest BCUT2D eigenvalue weighted by molar-refractivity contribution is 1.17. The number of benzene rings is 10. The minimum Gasteiger partial charge on any atom is -0.309 e. The predicted molar refractivity (Wildman–Crippen MR) is 270 cm³/mol. The van der Waals surface area contributed by atoms with E-state index in [1.165, 1.54) is 15.2 Å². The molecule has 0 aliphatic carbocycles. The van der Waals surface area contributed by atoms with Crippen LogP contribution in [0.2, 0.25) is 0 Å². The lowest BCUT2D eigenvalue weighted by atomic mass is 9.99. The first-order valence-corrected chi connectivity index (χ1v) is 22.7. The van der Waals surface area contributed by atoms with Crippen LogP contribution in [-0.4, -0.2) is 17.2 Å². The summed E-state index contributed by atoms with van der Waals surface area (Å²) in [5, 5.41) is 3.00. The summed E-state index contributed by atoms with van der Waals surface area (Å²) in [6.45, 7) is 0. The van der Waals surface area contributed by atoms with E-state index in [1.807, 2.05) is 158 Å². The average Bonchev–Trinajstić information content (AvgIpc) is 4.20. The highest BCUT2D eigenvalue weighted by molar-refractivity contribution is 7.20. The zero-order chi connectivity index (χ0) is 53.1. The van der Waals surface area contributed by atoms with Crippen LogP contribution in [-0.2, 0) is 0 Å². The van der Waals surface area contributed by atoms with Crippen molar-refractivity contribution >= 4 is 72.4 Å². The fourth-order valence-corrected chi connectivity index (χ4v) is 14.2. The van der Waals surface area contributed by atoms with Crippen molar-refractivity contribution in [2.45, 2.75) is 0 Å². The third kappa shape index (κ3) is 5.93. The molecule has 3 heteroatoms. The van der Waals surface area contributed by atoms with Crippen LogP contribution in [0.15, 0.2) is 254 Å². The van der Waals surface area contributed by atoms with Gasteiger partial charge in [0.2, 0.25) is 0 Å². The summed E-state index contributed by atoms with van der Waals surface area (Å²) >= 11 is 0. The van der Waals surface area contributed by atoms with Crippen molar-refractivity contribution in [2.24, 2.45) is 0 Å². The molecule has 0 bridgehead atoms. The second kappa shape index (κ2) is 15.2. The van der Waals surface area contributed by atoms with Crippen LogP contribution in [0.1, 0.15) is 17.8 Å². The number of rotatable bonds is 8. The molecule has 12 aromatic rings. The van der Waals surface area contributed by atoms with E-state index in [9.17, 15) is 12.3 Å². The molecule has 0 saturated heterocycles. The van der Waals surface area contributed by atoms with Crippen LogP contribution in [0.3, 0.4) is 0 Å². The van der Waals surface area contributed by atoms with Gasteiger partial charge in [0.05, 0.1) is 39.9 Å². The fourth-order valence-electron chi connectivity index (χ4n) is 9.35. The Kier molecular flexibility index (Phi) is 6.19. The van der Waals surface area contributed by atoms with E-state index in [1.54, 1.807) is 12.1 Å². The highest BCUT2D eigenvalue weighted by Gasteiger charge is 2.43. The Balaban J connectivity index is 1.25. The lowest BCUT2D eigenvalue weighted by Gasteiger charge is -2.35. The summed E-state index contributed by atoms with van der Waals surface area (Å²) in [5.74, 6) is 0. The van der Waals surface area contributed by atoms with Gasteiger partial charge in [-0.2, -0.15) is 0 Å². The van der Waals surface area contributed by atoms with Gasteiger partial charge in [0.15, 0.2) is 8.07 Å². The Labute approximate surface area is 386 Å². The SMILES string of the molecule is [2H]c1cc2c3c([Si](c4ccccc4)(c4ccccc4)c4ccccc4)c([2H])c([2H])c([2H])c3n(-c3c([2H])c([2H])c4c(c3[2H])c3c([2H])c([2H])c([2H])c([2H])c3n4-c3cccc(-c4cccc(-c5ccccc5)c4)c3)c2c([2H])c1[2H]. The molecule has 0 saturated carbocycles. The van der Waals surface area contributed by atoms with Gasteiger partial charge in [-0.1, -0.05) is 200 Å². The molecule has 0 aliphatic rings. The van der Waals surface area contributed by atoms with E-state index in [2.05, 4.69) is 0 Å². The van der Waals surface area contributed by atoms with Gasteiger partial charge in [0.1, 0.15) is 0 Å². The van der Waals surface area contributed by atoms with Gasteiger partial charge in [-0.15, -0.1) is 0 Å². The topological polar surface area (TPSA) is 9.86 Å². The number of hydrogen-bond donors (Lipinski definition) is 0. The summed E-state index contributed by atoms with van der Waals surface area (Å²) in [5.41, 5.74) is 3.36. The number of para-hydroxylation sites is 2. The molecule has 0 atom stereocenters. The Morgan fingerprint density at radius 3 is 1.52 bits per heavy atom. The second-order valence-electron chi connectivity index (χ2n) is 15.5. The largest absolute Gasteiger partial charge is 0.309 e. The standard InChI is InChI=1S/C60H42N2Si/c1-5-20-43(21-6-1)44-22-17-23-45(40-44)46-24-18-25-47(41-46)61-55-34-15-13-32-52(55)54-42-48(38-39-57(54)61)62-56-35-16-14-33-53(56)60-58(62)36-19-37-59(60)63(49-26-7-2-8-27-49,50-28-9-3-10-29-50)51-30-11-4-12-31-51/h1-42H/i13D,14D,15D,16D,19D,32D,34D,35D,36D,37D,38D,39D,42D. The van der Waals surface area contributed by atoms with Crippen LogP contribution in [0.25, 0.3) is 77.2 Å². The van der Waals surface area contributed by atoms with Gasteiger partial charge in [-0.05, 0) is 97.5 Å². The average molecular weight is 832 g/mol. The Hall–Kier alpha value is -7.98. The molecular formula is C60H42N2Si. The van der Waals surface area contributed by atoms with E-state index in [4.69, 9.17) is 5.48 Å². The highest BCUT2D eigenvalue weighted by atomic mass is 28.3. The third-order valence-electron chi connectivity index (χ3n) is 12.1. The maximum Gasteiger partial charge on any atom is 0.180 e. The third-order valence-corrected chi connectivity index (χ3v) is 16.8. The van der Waals surface area contributed by atoms with E-state index < -0.39 is 74.5 Å². The Morgan fingerprint density at radius 2 is 0.841 bits per heavy atom. The fraction of sp³-hybridized carbons (Fsp3) is 0. The molecule has 0 fully saturated rings. The van der Waals surface area contributed by atoms with Gasteiger partial charge >= 0.3 is 0 Å². The van der Waals surface area contributed by atoms with Crippen molar-refractivity contribution in [2.75, 3.05) is 0 Å². The molecular weight excluding hydrogens is 777 g/mol. The Bertz CT molecular complexity index is 4280.